The molecule has 0 spiro atoms. The van der Waals surface area contributed by atoms with Gasteiger partial charge in [-0.15, -0.1) is 0 Å². The summed E-state index contributed by atoms with van der Waals surface area (Å²) in [6, 6.07) is 11.0. The van der Waals surface area contributed by atoms with Crippen molar-refractivity contribution in [1.29, 1.82) is 0 Å². The van der Waals surface area contributed by atoms with Gasteiger partial charge in [-0.2, -0.15) is 0 Å². The average Bonchev–Trinajstić information content (AvgIpc) is 3.38. The van der Waals surface area contributed by atoms with Crippen LogP contribution in [0, 0.1) is 11.7 Å². The van der Waals surface area contributed by atoms with Crippen LogP contribution in [0.3, 0.4) is 0 Å². The van der Waals surface area contributed by atoms with Crippen molar-refractivity contribution in [1.82, 2.24) is 14.5 Å². The molecular formula is C21H16FN3O3. The third-order valence-corrected chi connectivity index (χ3v) is 5.08. The predicted octanol–water partition coefficient (Wildman–Crippen LogP) is 4.16. The predicted molar refractivity (Wildman–Crippen MR) is 101 cm³/mol. The Balaban J connectivity index is 1.82. The largest absolute Gasteiger partial charge is 0.503 e. The summed E-state index contributed by atoms with van der Waals surface area (Å²) in [5.41, 5.74) is 2.66. The first-order valence-corrected chi connectivity index (χ1v) is 8.95. The maximum atomic E-state index is 13.9. The van der Waals surface area contributed by atoms with Gasteiger partial charge < -0.3 is 15.2 Å². The number of halogens is 1. The van der Waals surface area contributed by atoms with Gasteiger partial charge in [0, 0.05) is 11.5 Å². The van der Waals surface area contributed by atoms with Crippen LogP contribution in [0.25, 0.3) is 28.0 Å². The zero-order valence-corrected chi connectivity index (χ0v) is 14.7. The third-order valence-electron chi connectivity index (χ3n) is 5.08. The summed E-state index contributed by atoms with van der Waals surface area (Å²) in [4.78, 5) is 20.0. The highest BCUT2D eigenvalue weighted by Crippen LogP contribution is 2.46. The van der Waals surface area contributed by atoms with E-state index in [9.17, 15) is 19.4 Å². The van der Waals surface area contributed by atoms with Crippen LogP contribution in [0.4, 0.5) is 4.39 Å². The van der Waals surface area contributed by atoms with Crippen molar-refractivity contribution < 1.29 is 19.4 Å². The number of H-pyrrole nitrogens is 1. The number of benzene rings is 2. The Morgan fingerprint density at radius 2 is 2.00 bits per heavy atom. The fourth-order valence-corrected chi connectivity index (χ4v) is 3.55. The van der Waals surface area contributed by atoms with E-state index in [2.05, 4.69) is 9.97 Å². The standard InChI is InChI=1S/C21H16FN3O3/c22-13-3-1-2-12(8-13)18-17(19(26)11-4-5-11)20(27)21(28)25(18)14-6-7-15-16(9-14)24-10-23-15/h1-3,6-11,27-28H,4-5H2,(H,23,24). The van der Waals surface area contributed by atoms with E-state index in [0.717, 1.165) is 23.9 Å². The number of fused-ring (bicyclic) bond motifs is 1. The van der Waals surface area contributed by atoms with Gasteiger partial charge in [0.25, 0.3) is 0 Å². The smallest absolute Gasteiger partial charge is 0.240 e. The molecule has 1 aliphatic carbocycles. The van der Waals surface area contributed by atoms with Crippen molar-refractivity contribution in [2.75, 3.05) is 0 Å². The van der Waals surface area contributed by atoms with Gasteiger partial charge in [-0.3, -0.25) is 9.36 Å². The lowest BCUT2D eigenvalue weighted by Gasteiger charge is -2.12. The number of nitrogens with zero attached hydrogens (tertiary/aromatic N) is 2. The summed E-state index contributed by atoms with van der Waals surface area (Å²) in [6.45, 7) is 0. The normalized spacial score (nSPS) is 13.9. The Bertz CT molecular complexity index is 1240. The van der Waals surface area contributed by atoms with Gasteiger partial charge in [-0.25, -0.2) is 9.37 Å². The second-order valence-electron chi connectivity index (χ2n) is 6.98. The van der Waals surface area contributed by atoms with Crippen molar-refractivity contribution in [3.63, 3.8) is 0 Å². The molecule has 140 valence electrons. The van der Waals surface area contributed by atoms with Gasteiger partial charge in [-0.05, 0) is 43.2 Å². The van der Waals surface area contributed by atoms with Crippen LogP contribution < -0.4 is 0 Å². The van der Waals surface area contributed by atoms with Crippen molar-refractivity contribution >= 4 is 16.8 Å². The number of carbonyl (C=O) groups is 1. The van der Waals surface area contributed by atoms with E-state index < -0.39 is 17.4 Å². The molecule has 3 N–H and O–H groups in total. The Morgan fingerprint density at radius 1 is 1.18 bits per heavy atom. The van der Waals surface area contributed by atoms with E-state index in [1.54, 1.807) is 30.6 Å². The van der Waals surface area contributed by atoms with E-state index in [0.29, 0.717) is 11.3 Å². The van der Waals surface area contributed by atoms with Gasteiger partial charge in [0.1, 0.15) is 5.82 Å². The van der Waals surface area contributed by atoms with E-state index in [4.69, 9.17) is 0 Å². The highest BCUT2D eigenvalue weighted by Gasteiger charge is 2.37. The van der Waals surface area contributed by atoms with Crippen LogP contribution >= 0.6 is 0 Å². The topological polar surface area (TPSA) is 91.1 Å². The number of Topliss-reactive ketones (excluding diaryl/α,β-unsaturated/α-hetero) is 1. The molecule has 5 rings (SSSR count). The Labute approximate surface area is 158 Å². The first-order chi connectivity index (χ1) is 13.5. The molecular weight excluding hydrogens is 361 g/mol. The molecule has 0 amide bonds. The molecule has 4 aromatic rings. The number of carbonyl (C=O) groups excluding carboxylic acids is 1. The van der Waals surface area contributed by atoms with Crippen molar-refractivity contribution in [2.45, 2.75) is 12.8 Å². The summed E-state index contributed by atoms with van der Waals surface area (Å²) in [5, 5.41) is 21.3. The van der Waals surface area contributed by atoms with Crippen molar-refractivity contribution in [3.05, 3.63) is 60.2 Å². The van der Waals surface area contributed by atoms with Gasteiger partial charge in [-0.1, -0.05) is 12.1 Å². The fourth-order valence-electron chi connectivity index (χ4n) is 3.55. The molecule has 0 atom stereocenters. The van der Waals surface area contributed by atoms with Crippen LogP contribution in [-0.4, -0.2) is 30.5 Å². The number of ketones is 1. The zero-order chi connectivity index (χ0) is 19.4. The molecule has 0 saturated heterocycles. The van der Waals surface area contributed by atoms with Gasteiger partial charge in [0.05, 0.1) is 34.3 Å². The highest BCUT2D eigenvalue weighted by molar-refractivity contribution is 6.08. The maximum Gasteiger partial charge on any atom is 0.240 e. The number of aromatic hydroxyl groups is 2. The maximum absolute atomic E-state index is 13.9. The molecule has 2 aromatic carbocycles. The number of aromatic nitrogens is 3. The lowest BCUT2D eigenvalue weighted by atomic mass is 10.0. The molecule has 7 heteroatoms. The first kappa shape index (κ1) is 16.6. The minimum absolute atomic E-state index is 0.0234. The quantitative estimate of drug-likeness (QED) is 0.466. The highest BCUT2D eigenvalue weighted by atomic mass is 19.1. The zero-order valence-electron chi connectivity index (χ0n) is 14.7. The molecule has 0 unspecified atom stereocenters. The number of hydrogen-bond acceptors (Lipinski definition) is 4. The van der Waals surface area contributed by atoms with Crippen molar-refractivity contribution in [3.8, 4) is 28.6 Å². The van der Waals surface area contributed by atoms with E-state index in [-0.39, 0.29) is 23.0 Å². The molecule has 2 heterocycles. The second-order valence-corrected chi connectivity index (χ2v) is 6.98. The molecule has 2 aromatic heterocycles. The molecule has 1 saturated carbocycles. The molecule has 0 radical (unpaired) electrons. The third kappa shape index (κ3) is 2.47. The Kier molecular flexibility index (Phi) is 3.52. The minimum atomic E-state index is -0.485. The summed E-state index contributed by atoms with van der Waals surface area (Å²) < 4.78 is 15.3. The van der Waals surface area contributed by atoms with Crippen LogP contribution in [0.1, 0.15) is 23.2 Å². The first-order valence-electron chi connectivity index (χ1n) is 8.95. The number of hydrogen-bond donors (Lipinski definition) is 3. The van der Waals surface area contributed by atoms with Gasteiger partial charge in [0.2, 0.25) is 5.88 Å². The van der Waals surface area contributed by atoms with Crippen LogP contribution in [0.2, 0.25) is 0 Å². The van der Waals surface area contributed by atoms with E-state index in [1.165, 1.54) is 22.8 Å². The van der Waals surface area contributed by atoms with Gasteiger partial charge in [0.15, 0.2) is 11.5 Å². The number of rotatable bonds is 4. The average molecular weight is 377 g/mol. The second kappa shape index (κ2) is 5.95. The Morgan fingerprint density at radius 3 is 2.75 bits per heavy atom. The lowest BCUT2D eigenvalue weighted by Crippen LogP contribution is -2.05. The number of imidazole rings is 1. The lowest BCUT2D eigenvalue weighted by molar-refractivity contribution is 0.0965. The van der Waals surface area contributed by atoms with E-state index >= 15 is 0 Å². The minimum Gasteiger partial charge on any atom is -0.503 e. The summed E-state index contributed by atoms with van der Waals surface area (Å²) in [7, 11) is 0. The van der Waals surface area contributed by atoms with Crippen LogP contribution in [0.5, 0.6) is 11.6 Å². The summed E-state index contributed by atoms with van der Waals surface area (Å²) >= 11 is 0. The van der Waals surface area contributed by atoms with Crippen LogP contribution in [-0.2, 0) is 0 Å². The molecule has 6 nitrogen and oxygen atoms in total. The summed E-state index contributed by atoms with van der Waals surface area (Å²) in [5.74, 6) is -1.84. The van der Waals surface area contributed by atoms with Crippen molar-refractivity contribution in [2.24, 2.45) is 5.92 Å². The van der Waals surface area contributed by atoms with E-state index in [1.807, 2.05) is 0 Å². The summed E-state index contributed by atoms with van der Waals surface area (Å²) in [6.07, 6.45) is 3.04. The number of nitrogens with one attached hydrogen (secondary N) is 1. The molecule has 28 heavy (non-hydrogen) atoms. The molecule has 1 aliphatic rings. The van der Waals surface area contributed by atoms with Gasteiger partial charge >= 0.3 is 0 Å². The number of aromatic amines is 1. The fraction of sp³-hybridized carbons (Fsp3) is 0.143. The Hall–Kier alpha value is -3.61. The molecule has 0 aliphatic heterocycles. The molecule has 1 fully saturated rings. The van der Waals surface area contributed by atoms with Crippen LogP contribution in [0.15, 0.2) is 48.8 Å². The monoisotopic (exact) mass is 377 g/mol. The molecule has 0 bridgehead atoms. The SMILES string of the molecule is O=C(c1c(O)c(O)n(-c2ccc3nc[nH]c3c2)c1-c1cccc(F)c1)C1CC1.